The number of furan rings is 1. The van der Waals surface area contributed by atoms with Crippen LogP contribution in [-0.4, -0.2) is 21.9 Å². The maximum Gasteiger partial charge on any atom is 0.433 e. The van der Waals surface area contributed by atoms with E-state index in [1.807, 2.05) is 43.5 Å². The Morgan fingerprint density at radius 2 is 1.93 bits per heavy atom. The van der Waals surface area contributed by atoms with Gasteiger partial charge < -0.3 is 4.42 Å². The highest BCUT2D eigenvalue weighted by molar-refractivity contribution is 7.07. The molecule has 0 spiro atoms. The van der Waals surface area contributed by atoms with Crippen LogP contribution in [0.2, 0.25) is 0 Å². The summed E-state index contributed by atoms with van der Waals surface area (Å²) in [4.78, 5) is 15.7. The number of rotatable bonds is 5. The fraction of sp³-hybridized carbons (Fsp3) is 0.143. The first-order valence-electron chi connectivity index (χ1n) is 9.04. The summed E-state index contributed by atoms with van der Waals surface area (Å²) >= 11 is 1.50. The molecule has 0 amide bonds. The van der Waals surface area contributed by atoms with Gasteiger partial charge in [-0.3, -0.25) is 15.1 Å². The number of benzene rings is 2. The zero-order valence-corrected chi connectivity index (χ0v) is 16.7. The second-order valence-corrected chi connectivity index (χ2v) is 7.48. The van der Waals surface area contributed by atoms with Crippen molar-refractivity contribution in [2.75, 3.05) is 0 Å². The van der Waals surface area contributed by atoms with E-state index in [9.17, 15) is 10.1 Å². The molecule has 29 heavy (non-hydrogen) atoms. The summed E-state index contributed by atoms with van der Waals surface area (Å²) < 4.78 is 6.94. The van der Waals surface area contributed by atoms with Crippen molar-refractivity contribution >= 4 is 34.2 Å². The van der Waals surface area contributed by atoms with Gasteiger partial charge in [0.15, 0.2) is 5.76 Å². The van der Waals surface area contributed by atoms with E-state index in [4.69, 9.17) is 4.42 Å². The zero-order chi connectivity index (χ0) is 20.4. The van der Waals surface area contributed by atoms with Crippen LogP contribution in [0.3, 0.4) is 0 Å². The molecular weight excluding hydrogens is 388 g/mol. The molecule has 8 heteroatoms. The molecule has 4 rings (SSSR count). The summed E-state index contributed by atoms with van der Waals surface area (Å²) in [5.74, 6) is -0.0158. The predicted octanol–water partition coefficient (Wildman–Crippen LogP) is 5.06. The lowest BCUT2D eigenvalue weighted by molar-refractivity contribution is -0.402. The molecule has 4 aromatic rings. The Morgan fingerprint density at radius 3 is 2.69 bits per heavy atom. The molecule has 0 unspecified atom stereocenters. The molecule has 0 atom stereocenters. The third-order valence-electron chi connectivity index (χ3n) is 4.21. The van der Waals surface area contributed by atoms with Gasteiger partial charge in [-0.15, -0.1) is 11.3 Å². The third kappa shape index (κ3) is 3.88. The van der Waals surface area contributed by atoms with Crippen LogP contribution in [0.15, 0.2) is 74.5 Å². The van der Waals surface area contributed by atoms with Crippen molar-refractivity contribution in [3.8, 4) is 11.3 Å². The zero-order valence-electron chi connectivity index (χ0n) is 15.9. The highest BCUT2D eigenvalue weighted by atomic mass is 32.1. The molecule has 2 aromatic heterocycles. The van der Waals surface area contributed by atoms with Gasteiger partial charge in [-0.25, -0.2) is 4.68 Å². The summed E-state index contributed by atoms with van der Waals surface area (Å²) in [5, 5.41) is 19.6. The Bertz CT molecular complexity index is 1280. The van der Waals surface area contributed by atoms with Crippen molar-refractivity contribution in [1.29, 1.82) is 0 Å². The van der Waals surface area contributed by atoms with Gasteiger partial charge in [-0.2, -0.15) is 5.10 Å². The number of hydrogen-bond acceptors (Lipinski definition) is 6. The van der Waals surface area contributed by atoms with Gasteiger partial charge in [0.2, 0.25) is 4.80 Å². The Hall–Kier alpha value is -3.52. The lowest BCUT2D eigenvalue weighted by Crippen LogP contribution is -2.14. The molecule has 2 aromatic carbocycles. The molecule has 0 N–H and O–H groups in total. The second-order valence-electron chi connectivity index (χ2n) is 6.64. The minimum absolute atomic E-state index is 0.0974. The molecule has 0 fully saturated rings. The maximum absolute atomic E-state index is 10.8. The first-order valence-corrected chi connectivity index (χ1v) is 9.92. The molecule has 0 aliphatic carbocycles. The van der Waals surface area contributed by atoms with E-state index in [0.29, 0.717) is 5.76 Å². The largest absolute Gasteiger partial charge is 0.433 e. The van der Waals surface area contributed by atoms with Crippen LogP contribution in [0.4, 0.5) is 5.88 Å². The standard InChI is InChI=1S/C21H18N4O3S/c1-14(2)23-21-24(22-12-16-10-11-20(28-16)25(26)27)19(13-29-21)18-9-5-7-15-6-3-4-8-17(15)18/h3-14H,1-2H3. The lowest BCUT2D eigenvalue weighted by atomic mass is 10.0. The van der Waals surface area contributed by atoms with E-state index < -0.39 is 4.92 Å². The van der Waals surface area contributed by atoms with Gasteiger partial charge in [0.05, 0.1) is 18.0 Å². The molecule has 7 nitrogen and oxygen atoms in total. The highest BCUT2D eigenvalue weighted by Crippen LogP contribution is 2.29. The van der Waals surface area contributed by atoms with E-state index in [1.54, 1.807) is 4.68 Å². The fourth-order valence-electron chi connectivity index (χ4n) is 2.98. The summed E-state index contributed by atoms with van der Waals surface area (Å²) in [5.41, 5.74) is 1.93. The molecule has 0 saturated heterocycles. The first kappa shape index (κ1) is 18.8. The van der Waals surface area contributed by atoms with Crippen molar-refractivity contribution in [1.82, 2.24) is 4.68 Å². The summed E-state index contributed by atoms with van der Waals surface area (Å²) in [6.07, 6.45) is 1.47. The van der Waals surface area contributed by atoms with Crippen LogP contribution in [0, 0.1) is 10.1 Å². The van der Waals surface area contributed by atoms with Gasteiger partial charge in [0, 0.05) is 17.0 Å². The van der Waals surface area contributed by atoms with Crippen LogP contribution in [-0.2, 0) is 0 Å². The van der Waals surface area contributed by atoms with Crippen LogP contribution >= 0.6 is 11.3 Å². The lowest BCUT2D eigenvalue weighted by Gasteiger charge is -2.07. The molecule has 0 radical (unpaired) electrons. The maximum atomic E-state index is 10.8. The normalized spacial score (nSPS) is 12.4. The molecule has 146 valence electrons. The smallest absolute Gasteiger partial charge is 0.400 e. The number of hydrogen-bond donors (Lipinski definition) is 0. The Morgan fingerprint density at radius 1 is 1.14 bits per heavy atom. The second kappa shape index (κ2) is 7.84. The molecule has 0 bridgehead atoms. The Balaban J connectivity index is 1.86. The molecule has 2 heterocycles. The minimum Gasteiger partial charge on any atom is -0.400 e. The fourth-order valence-corrected chi connectivity index (χ4v) is 3.94. The molecular formula is C21H18N4O3S. The number of aromatic nitrogens is 1. The highest BCUT2D eigenvalue weighted by Gasteiger charge is 2.13. The number of thiazole rings is 1. The number of fused-ring (bicyclic) bond motifs is 1. The SMILES string of the molecule is CC(C)N=c1scc(-c2cccc3ccccc23)n1N=Cc1ccc([N+](=O)[O-])o1. The number of nitrogens with zero attached hydrogens (tertiary/aromatic N) is 4. The van der Waals surface area contributed by atoms with E-state index in [-0.39, 0.29) is 11.9 Å². The molecule has 0 aliphatic rings. The van der Waals surface area contributed by atoms with Crippen LogP contribution in [0.25, 0.3) is 22.0 Å². The topological polar surface area (TPSA) is 85.9 Å². The first-order chi connectivity index (χ1) is 14.0. The summed E-state index contributed by atoms with van der Waals surface area (Å²) in [6.45, 7) is 4.00. The van der Waals surface area contributed by atoms with Crippen LogP contribution in [0.5, 0.6) is 0 Å². The quantitative estimate of drug-likeness (QED) is 0.264. The third-order valence-corrected chi connectivity index (χ3v) is 5.04. The average Bonchev–Trinajstić information content (AvgIpc) is 3.33. The van der Waals surface area contributed by atoms with E-state index in [1.165, 1.54) is 29.7 Å². The predicted molar refractivity (Wildman–Crippen MR) is 114 cm³/mol. The van der Waals surface area contributed by atoms with Gasteiger partial charge in [0.1, 0.15) is 4.92 Å². The van der Waals surface area contributed by atoms with Gasteiger partial charge in [-0.1, -0.05) is 42.5 Å². The van der Waals surface area contributed by atoms with Crippen molar-refractivity contribution in [2.24, 2.45) is 10.1 Å². The van der Waals surface area contributed by atoms with Gasteiger partial charge >= 0.3 is 5.88 Å². The van der Waals surface area contributed by atoms with Crippen LogP contribution < -0.4 is 4.80 Å². The minimum atomic E-state index is -0.573. The molecule has 0 saturated carbocycles. The monoisotopic (exact) mass is 406 g/mol. The Labute approximate surface area is 170 Å². The van der Waals surface area contributed by atoms with Crippen molar-refractivity contribution in [3.05, 3.63) is 80.7 Å². The molecule has 0 aliphatic heterocycles. The summed E-state index contributed by atoms with van der Waals surface area (Å²) in [7, 11) is 0. The van der Waals surface area contributed by atoms with Crippen LogP contribution in [0.1, 0.15) is 19.6 Å². The van der Waals surface area contributed by atoms with Crippen molar-refractivity contribution < 1.29 is 9.34 Å². The van der Waals surface area contributed by atoms with E-state index in [0.717, 1.165) is 26.8 Å². The average molecular weight is 406 g/mol. The Kier molecular flexibility index (Phi) is 5.09. The van der Waals surface area contributed by atoms with Crippen molar-refractivity contribution in [2.45, 2.75) is 19.9 Å². The van der Waals surface area contributed by atoms with E-state index >= 15 is 0 Å². The van der Waals surface area contributed by atoms with Crippen molar-refractivity contribution in [3.63, 3.8) is 0 Å². The number of nitro groups is 1. The van der Waals surface area contributed by atoms with E-state index in [2.05, 4.69) is 28.3 Å². The summed E-state index contributed by atoms with van der Waals surface area (Å²) in [6, 6.07) is 17.2. The van der Waals surface area contributed by atoms with Gasteiger partial charge in [0.25, 0.3) is 0 Å². The van der Waals surface area contributed by atoms with Gasteiger partial charge in [-0.05, 0) is 30.7 Å².